The van der Waals surface area contributed by atoms with Gasteiger partial charge in [0.05, 0.1) is 18.5 Å². The van der Waals surface area contributed by atoms with Crippen LogP contribution in [0.3, 0.4) is 0 Å². The summed E-state index contributed by atoms with van der Waals surface area (Å²) in [5, 5.41) is 9.20. The largest absolute Gasteiger partial charge is 0.497 e. The van der Waals surface area contributed by atoms with Crippen molar-refractivity contribution in [2.45, 2.75) is 13.8 Å². The predicted molar refractivity (Wildman–Crippen MR) is 75.9 cm³/mol. The fourth-order valence-electron chi connectivity index (χ4n) is 1.87. The molecular formula is C15H15N3O2. The average Bonchev–Trinajstić information content (AvgIpc) is 2.40. The van der Waals surface area contributed by atoms with Crippen LogP contribution >= 0.6 is 0 Å². The molecule has 0 saturated heterocycles. The maximum absolute atomic E-state index is 9.20. The van der Waals surface area contributed by atoms with Crippen molar-refractivity contribution in [1.82, 2.24) is 4.98 Å². The third kappa shape index (κ3) is 2.64. The molecule has 0 radical (unpaired) electrons. The zero-order valence-electron chi connectivity index (χ0n) is 11.6. The number of methoxy groups -OCH3 is 1. The lowest BCUT2D eigenvalue weighted by Gasteiger charge is -2.12. The van der Waals surface area contributed by atoms with Gasteiger partial charge in [0.2, 0.25) is 0 Å². The number of nitriles is 1. The van der Waals surface area contributed by atoms with Gasteiger partial charge >= 0.3 is 0 Å². The molecular weight excluding hydrogens is 254 g/mol. The van der Waals surface area contributed by atoms with E-state index in [0.29, 0.717) is 34.2 Å². The number of anilines is 1. The highest BCUT2D eigenvalue weighted by atomic mass is 16.5. The Kier molecular flexibility index (Phi) is 3.76. The SMILES string of the molecule is COc1ccc(Oc2cc(C)nc(C)c2C#N)c(N)c1. The van der Waals surface area contributed by atoms with Crippen LogP contribution in [0, 0.1) is 25.2 Å². The number of hydrogen-bond acceptors (Lipinski definition) is 5. The smallest absolute Gasteiger partial charge is 0.150 e. The van der Waals surface area contributed by atoms with Crippen LogP contribution in [0.1, 0.15) is 17.0 Å². The minimum absolute atomic E-state index is 0.408. The summed E-state index contributed by atoms with van der Waals surface area (Å²) in [6.45, 7) is 3.62. The molecule has 0 fully saturated rings. The number of benzene rings is 1. The number of nitrogens with zero attached hydrogens (tertiary/aromatic N) is 2. The first-order valence-electron chi connectivity index (χ1n) is 6.05. The van der Waals surface area contributed by atoms with Crippen molar-refractivity contribution in [1.29, 1.82) is 5.26 Å². The van der Waals surface area contributed by atoms with Gasteiger partial charge in [-0.05, 0) is 26.0 Å². The molecule has 20 heavy (non-hydrogen) atoms. The van der Waals surface area contributed by atoms with E-state index in [1.54, 1.807) is 38.3 Å². The van der Waals surface area contributed by atoms with E-state index in [9.17, 15) is 5.26 Å². The molecule has 2 N–H and O–H groups in total. The Labute approximate surface area is 117 Å². The van der Waals surface area contributed by atoms with Crippen molar-refractivity contribution in [2.75, 3.05) is 12.8 Å². The third-order valence-corrected chi connectivity index (χ3v) is 2.84. The summed E-state index contributed by atoms with van der Waals surface area (Å²) in [6.07, 6.45) is 0. The standard InChI is InChI=1S/C15H15N3O2/c1-9-6-15(12(8-16)10(2)18-9)20-14-5-4-11(19-3)7-13(14)17/h4-7H,17H2,1-3H3. The van der Waals surface area contributed by atoms with Crippen molar-refractivity contribution in [2.24, 2.45) is 0 Å². The Morgan fingerprint density at radius 2 is 1.95 bits per heavy atom. The number of rotatable bonds is 3. The van der Waals surface area contributed by atoms with Crippen LogP contribution in [-0.2, 0) is 0 Å². The van der Waals surface area contributed by atoms with Crippen molar-refractivity contribution >= 4 is 5.69 Å². The lowest BCUT2D eigenvalue weighted by atomic mass is 10.2. The highest BCUT2D eigenvalue weighted by molar-refractivity contribution is 5.59. The third-order valence-electron chi connectivity index (χ3n) is 2.84. The molecule has 102 valence electrons. The van der Waals surface area contributed by atoms with Crippen LogP contribution in [0.2, 0.25) is 0 Å². The van der Waals surface area contributed by atoms with Gasteiger partial charge in [0.15, 0.2) is 5.75 Å². The fourth-order valence-corrected chi connectivity index (χ4v) is 1.87. The van der Waals surface area contributed by atoms with Gasteiger partial charge in [-0.3, -0.25) is 4.98 Å². The Bertz CT molecular complexity index is 690. The molecule has 5 heteroatoms. The monoisotopic (exact) mass is 269 g/mol. The van der Waals surface area contributed by atoms with E-state index < -0.39 is 0 Å². The summed E-state index contributed by atoms with van der Waals surface area (Å²) in [7, 11) is 1.57. The molecule has 0 aliphatic carbocycles. The Hall–Kier alpha value is -2.74. The molecule has 5 nitrogen and oxygen atoms in total. The maximum Gasteiger partial charge on any atom is 0.150 e. The average molecular weight is 269 g/mol. The molecule has 1 aromatic heterocycles. The van der Waals surface area contributed by atoms with Crippen LogP contribution in [0.4, 0.5) is 5.69 Å². The number of aromatic nitrogens is 1. The van der Waals surface area contributed by atoms with E-state index in [0.717, 1.165) is 5.69 Å². The van der Waals surface area contributed by atoms with Gasteiger partial charge in [-0.25, -0.2) is 0 Å². The molecule has 1 heterocycles. The van der Waals surface area contributed by atoms with E-state index in [-0.39, 0.29) is 0 Å². The number of nitrogens with two attached hydrogens (primary N) is 1. The minimum atomic E-state index is 0.408. The van der Waals surface area contributed by atoms with Crippen LogP contribution < -0.4 is 15.2 Å². The van der Waals surface area contributed by atoms with Crippen LogP contribution in [0.5, 0.6) is 17.2 Å². The molecule has 0 aliphatic rings. The number of pyridine rings is 1. The lowest BCUT2D eigenvalue weighted by molar-refractivity contribution is 0.413. The van der Waals surface area contributed by atoms with Crippen LogP contribution in [0.25, 0.3) is 0 Å². The first-order valence-corrected chi connectivity index (χ1v) is 6.05. The van der Waals surface area contributed by atoms with Gasteiger partial charge in [-0.15, -0.1) is 0 Å². The summed E-state index contributed by atoms with van der Waals surface area (Å²) in [5.74, 6) is 1.58. The lowest BCUT2D eigenvalue weighted by Crippen LogP contribution is -1.98. The molecule has 0 aliphatic heterocycles. The molecule has 0 saturated carbocycles. The summed E-state index contributed by atoms with van der Waals surface area (Å²) in [4.78, 5) is 4.24. The molecule has 1 aromatic carbocycles. The van der Waals surface area contributed by atoms with E-state index in [4.69, 9.17) is 15.2 Å². The van der Waals surface area contributed by atoms with E-state index >= 15 is 0 Å². The summed E-state index contributed by atoms with van der Waals surface area (Å²) in [6, 6.07) is 8.94. The predicted octanol–water partition coefficient (Wildman–Crippen LogP) is 2.95. The first kappa shape index (κ1) is 13.7. The van der Waals surface area contributed by atoms with Crippen molar-refractivity contribution in [3.63, 3.8) is 0 Å². The molecule has 0 atom stereocenters. The second-order valence-corrected chi connectivity index (χ2v) is 4.34. The molecule has 2 rings (SSSR count). The topological polar surface area (TPSA) is 81.2 Å². The zero-order valence-corrected chi connectivity index (χ0v) is 11.6. The highest BCUT2D eigenvalue weighted by Crippen LogP contribution is 2.33. The van der Waals surface area contributed by atoms with Crippen molar-refractivity contribution in [3.05, 3.63) is 41.2 Å². The van der Waals surface area contributed by atoms with Gasteiger partial charge in [-0.2, -0.15) is 5.26 Å². The van der Waals surface area contributed by atoms with Gasteiger partial charge in [0.25, 0.3) is 0 Å². The summed E-state index contributed by atoms with van der Waals surface area (Å²) >= 11 is 0. The minimum Gasteiger partial charge on any atom is -0.497 e. The Morgan fingerprint density at radius 1 is 1.20 bits per heavy atom. The first-order chi connectivity index (χ1) is 9.55. The van der Waals surface area contributed by atoms with Crippen molar-refractivity contribution < 1.29 is 9.47 Å². The summed E-state index contributed by atoms with van der Waals surface area (Å²) in [5.41, 5.74) is 8.18. The second-order valence-electron chi connectivity index (χ2n) is 4.34. The van der Waals surface area contributed by atoms with E-state index in [1.807, 2.05) is 6.92 Å². The quantitative estimate of drug-likeness (QED) is 0.866. The Morgan fingerprint density at radius 3 is 2.55 bits per heavy atom. The normalized spacial score (nSPS) is 9.90. The highest BCUT2D eigenvalue weighted by Gasteiger charge is 2.12. The van der Waals surface area contributed by atoms with E-state index in [1.165, 1.54) is 0 Å². The maximum atomic E-state index is 9.20. The van der Waals surface area contributed by atoms with Gasteiger partial charge < -0.3 is 15.2 Å². The zero-order chi connectivity index (χ0) is 14.7. The molecule has 0 bridgehead atoms. The molecule has 0 amide bonds. The number of nitrogen functional groups attached to an aromatic ring is 1. The second kappa shape index (κ2) is 5.49. The summed E-state index contributed by atoms with van der Waals surface area (Å²) < 4.78 is 10.8. The van der Waals surface area contributed by atoms with Crippen LogP contribution in [-0.4, -0.2) is 12.1 Å². The molecule has 0 spiro atoms. The van der Waals surface area contributed by atoms with Gasteiger partial charge in [0, 0.05) is 17.8 Å². The fraction of sp³-hybridized carbons (Fsp3) is 0.200. The van der Waals surface area contributed by atoms with Crippen molar-refractivity contribution in [3.8, 4) is 23.3 Å². The molecule has 2 aromatic rings. The van der Waals surface area contributed by atoms with E-state index in [2.05, 4.69) is 11.1 Å². The Balaban J connectivity index is 2.42. The number of aryl methyl sites for hydroxylation is 2. The van der Waals surface area contributed by atoms with Crippen LogP contribution in [0.15, 0.2) is 24.3 Å². The number of ether oxygens (including phenoxy) is 2. The van der Waals surface area contributed by atoms with Gasteiger partial charge in [0.1, 0.15) is 23.1 Å². The molecule has 0 unspecified atom stereocenters. The number of hydrogen-bond donors (Lipinski definition) is 1. The van der Waals surface area contributed by atoms with Gasteiger partial charge in [-0.1, -0.05) is 0 Å².